The van der Waals surface area contributed by atoms with E-state index < -0.39 is 6.29 Å². The summed E-state index contributed by atoms with van der Waals surface area (Å²) in [6.07, 6.45) is -0.0558. The van der Waals surface area contributed by atoms with Crippen LogP contribution in [0.15, 0.2) is 48.7 Å². The zero-order valence-electron chi connectivity index (χ0n) is 13.7. The summed E-state index contributed by atoms with van der Waals surface area (Å²) in [7, 11) is 0.432. The predicted octanol–water partition coefficient (Wildman–Crippen LogP) is 2.86. The minimum atomic E-state index is -0.891. The number of allylic oxidation sites excluding steroid dienone is 3. The molecule has 5 nitrogen and oxygen atoms in total. The SMILES string of the molecule is C=C(C)OC(=C(O[SiH3])OCCC)C(OC(=C)C)OC(=C)C. The molecule has 0 aromatic rings. The van der Waals surface area contributed by atoms with Crippen molar-refractivity contribution in [1.82, 2.24) is 0 Å². The molecule has 21 heavy (non-hydrogen) atoms. The van der Waals surface area contributed by atoms with E-state index in [1.807, 2.05) is 6.92 Å². The van der Waals surface area contributed by atoms with Crippen LogP contribution in [0.3, 0.4) is 0 Å². The van der Waals surface area contributed by atoms with Crippen molar-refractivity contribution in [2.24, 2.45) is 0 Å². The van der Waals surface area contributed by atoms with E-state index in [9.17, 15) is 0 Å². The topological polar surface area (TPSA) is 46.2 Å². The maximum absolute atomic E-state index is 5.59. The van der Waals surface area contributed by atoms with Gasteiger partial charge < -0.3 is 23.4 Å². The van der Waals surface area contributed by atoms with E-state index in [4.69, 9.17) is 23.4 Å². The standard InChI is InChI=1S/C15H26O5Si/c1-8-9-16-14(20-21)13(17-10(2)3)15(18-11(4)5)19-12(6)7/h15H,2,4,6,8-9H2,1,3,5,7,21H3. The second-order valence-electron chi connectivity index (χ2n) is 4.48. The van der Waals surface area contributed by atoms with Crippen molar-refractivity contribution in [3.8, 4) is 0 Å². The summed E-state index contributed by atoms with van der Waals surface area (Å²) in [6, 6.07) is 0. The summed E-state index contributed by atoms with van der Waals surface area (Å²) < 4.78 is 27.6. The van der Waals surface area contributed by atoms with Gasteiger partial charge in [-0.1, -0.05) is 26.7 Å². The summed E-state index contributed by atoms with van der Waals surface area (Å²) in [5.74, 6) is 1.89. The minimum absolute atomic E-state index is 0.235. The number of hydrogen-bond donors (Lipinski definition) is 0. The van der Waals surface area contributed by atoms with Gasteiger partial charge in [0.15, 0.2) is 0 Å². The third-order valence-electron chi connectivity index (χ3n) is 1.94. The first-order valence-corrected chi connectivity index (χ1v) is 7.52. The Kier molecular flexibility index (Phi) is 9.12. The molecule has 0 amide bonds. The van der Waals surface area contributed by atoms with Crippen molar-refractivity contribution < 1.29 is 23.4 Å². The van der Waals surface area contributed by atoms with E-state index in [1.165, 1.54) is 0 Å². The van der Waals surface area contributed by atoms with E-state index >= 15 is 0 Å². The van der Waals surface area contributed by atoms with E-state index in [0.717, 1.165) is 6.42 Å². The minimum Gasteiger partial charge on any atom is -0.526 e. The van der Waals surface area contributed by atoms with Crippen molar-refractivity contribution in [3.05, 3.63) is 48.7 Å². The van der Waals surface area contributed by atoms with Gasteiger partial charge in [-0.2, -0.15) is 0 Å². The molecule has 0 aliphatic rings. The maximum Gasteiger partial charge on any atom is 0.313 e. The first-order valence-electron chi connectivity index (χ1n) is 6.70. The highest BCUT2D eigenvalue weighted by Gasteiger charge is 2.27. The molecule has 0 bridgehead atoms. The fourth-order valence-electron chi connectivity index (χ4n) is 1.30. The lowest BCUT2D eigenvalue weighted by Gasteiger charge is -2.24. The summed E-state index contributed by atoms with van der Waals surface area (Å²) in [4.78, 5) is 0. The fraction of sp³-hybridized carbons (Fsp3) is 0.467. The molecule has 0 radical (unpaired) electrons. The van der Waals surface area contributed by atoms with Gasteiger partial charge in [-0.25, -0.2) is 0 Å². The van der Waals surface area contributed by atoms with Gasteiger partial charge in [-0.05, 0) is 27.2 Å². The van der Waals surface area contributed by atoms with Gasteiger partial charge in [0.25, 0.3) is 5.76 Å². The van der Waals surface area contributed by atoms with E-state index in [0.29, 0.717) is 34.4 Å². The molecule has 6 heteroatoms. The van der Waals surface area contributed by atoms with E-state index in [2.05, 4.69) is 19.7 Å². The first-order chi connectivity index (χ1) is 9.81. The second kappa shape index (κ2) is 9.98. The third-order valence-corrected chi connectivity index (χ3v) is 2.31. The summed E-state index contributed by atoms with van der Waals surface area (Å²) >= 11 is 0. The summed E-state index contributed by atoms with van der Waals surface area (Å²) in [5, 5.41) is 0. The molecule has 0 rings (SSSR count). The van der Waals surface area contributed by atoms with Gasteiger partial charge >= 0.3 is 12.2 Å². The van der Waals surface area contributed by atoms with Crippen LogP contribution >= 0.6 is 0 Å². The molecule has 120 valence electrons. The Labute approximate surface area is 130 Å². The molecule has 0 saturated heterocycles. The smallest absolute Gasteiger partial charge is 0.313 e. The molecule has 0 atom stereocenters. The number of ether oxygens (including phenoxy) is 4. The zero-order valence-corrected chi connectivity index (χ0v) is 15.7. The summed E-state index contributed by atoms with van der Waals surface area (Å²) in [6.45, 7) is 18.8. The van der Waals surface area contributed by atoms with Crippen molar-refractivity contribution in [2.75, 3.05) is 6.61 Å². The van der Waals surface area contributed by atoms with Gasteiger partial charge in [0.05, 0.1) is 23.9 Å². The van der Waals surface area contributed by atoms with Gasteiger partial charge in [0.1, 0.15) is 0 Å². The molecule has 0 aliphatic heterocycles. The van der Waals surface area contributed by atoms with Gasteiger partial charge in [-0.15, -0.1) is 0 Å². The average Bonchev–Trinajstić information content (AvgIpc) is 2.35. The van der Waals surface area contributed by atoms with Crippen LogP contribution in [0.4, 0.5) is 0 Å². The van der Waals surface area contributed by atoms with Crippen molar-refractivity contribution in [2.45, 2.75) is 40.4 Å². The highest BCUT2D eigenvalue weighted by atomic mass is 28.2. The zero-order chi connectivity index (χ0) is 16.4. The third kappa shape index (κ3) is 8.14. The molecule has 0 aromatic carbocycles. The van der Waals surface area contributed by atoms with Crippen LogP contribution in [0.25, 0.3) is 0 Å². The molecule has 0 aromatic heterocycles. The van der Waals surface area contributed by atoms with E-state index in [-0.39, 0.29) is 11.7 Å². The van der Waals surface area contributed by atoms with Crippen LogP contribution in [0, 0.1) is 0 Å². The fourth-order valence-corrected chi connectivity index (χ4v) is 1.61. The highest BCUT2D eigenvalue weighted by Crippen LogP contribution is 2.23. The van der Waals surface area contributed by atoms with Crippen molar-refractivity contribution in [1.29, 1.82) is 0 Å². The molecule has 0 spiro atoms. The Morgan fingerprint density at radius 3 is 1.86 bits per heavy atom. The Balaban J connectivity index is 5.54. The lowest BCUT2D eigenvalue weighted by Crippen LogP contribution is -2.23. The van der Waals surface area contributed by atoms with Gasteiger partial charge in [0.2, 0.25) is 10.5 Å². The Bertz CT molecular complexity index is 398. The second-order valence-corrected chi connectivity index (χ2v) is 4.89. The monoisotopic (exact) mass is 314 g/mol. The Hall–Kier alpha value is -1.82. The number of hydrogen-bond acceptors (Lipinski definition) is 5. The molecule has 0 saturated carbocycles. The van der Waals surface area contributed by atoms with Crippen LogP contribution < -0.4 is 0 Å². The molecule has 0 fully saturated rings. The molecule has 0 heterocycles. The molecular formula is C15H26O5Si. The quantitative estimate of drug-likeness (QED) is 0.333. The molecule has 0 aliphatic carbocycles. The molecular weight excluding hydrogens is 288 g/mol. The normalized spacial score (nSPS) is 11.5. The van der Waals surface area contributed by atoms with Crippen LogP contribution in [-0.4, -0.2) is 23.4 Å². The van der Waals surface area contributed by atoms with Crippen LogP contribution in [0.1, 0.15) is 34.1 Å². The Morgan fingerprint density at radius 2 is 1.52 bits per heavy atom. The molecule has 0 N–H and O–H groups in total. The van der Waals surface area contributed by atoms with Crippen molar-refractivity contribution in [3.63, 3.8) is 0 Å². The lowest BCUT2D eigenvalue weighted by atomic mass is 10.4. The lowest BCUT2D eigenvalue weighted by molar-refractivity contribution is -0.0933. The average molecular weight is 314 g/mol. The van der Waals surface area contributed by atoms with Crippen LogP contribution in [0.5, 0.6) is 0 Å². The number of rotatable bonds is 11. The summed E-state index contributed by atoms with van der Waals surface area (Å²) in [5.41, 5.74) is 0. The van der Waals surface area contributed by atoms with Gasteiger partial charge in [0, 0.05) is 0 Å². The van der Waals surface area contributed by atoms with Crippen LogP contribution in [0.2, 0.25) is 0 Å². The van der Waals surface area contributed by atoms with Crippen LogP contribution in [-0.2, 0) is 23.4 Å². The first kappa shape index (κ1) is 19.2. The van der Waals surface area contributed by atoms with Crippen molar-refractivity contribution >= 4 is 10.5 Å². The Morgan fingerprint density at radius 1 is 1.00 bits per heavy atom. The molecule has 0 unspecified atom stereocenters. The highest BCUT2D eigenvalue weighted by molar-refractivity contribution is 5.98. The van der Waals surface area contributed by atoms with E-state index in [1.54, 1.807) is 20.8 Å². The maximum atomic E-state index is 5.59. The largest absolute Gasteiger partial charge is 0.526 e. The van der Waals surface area contributed by atoms with Gasteiger partial charge in [-0.3, -0.25) is 0 Å². The predicted molar refractivity (Wildman–Crippen MR) is 85.8 cm³/mol.